The van der Waals surface area contributed by atoms with Crippen molar-refractivity contribution in [3.05, 3.63) is 32.1 Å². The second kappa shape index (κ2) is 6.18. The second-order valence-corrected chi connectivity index (χ2v) is 4.47. The van der Waals surface area contributed by atoms with Gasteiger partial charge in [0.1, 0.15) is 5.69 Å². The van der Waals surface area contributed by atoms with Crippen LogP contribution in [0.25, 0.3) is 0 Å². The van der Waals surface area contributed by atoms with Crippen molar-refractivity contribution in [3.63, 3.8) is 0 Å². The number of hydrogen-bond acceptors (Lipinski definition) is 3. The predicted octanol–water partition coefficient (Wildman–Crippen LogP) is 1.13. The molecule has 3 N–H and O–H groups in total. The monoisotopic (exact) mass is 254 g/mol. The van der Waals surface area contributed by atoms with E-state index in [-0.39, 0.29) is 11.3 Å². The number of aromatic amines is 2. The summed E-state index contributed by atoms with van der Waals surface area (Å²) >= 11 is 0. The number of aromatic carboxylic acids is 1. The highest BCUT2D eigenvalue weighted by molar-refractivity contribution is 5.86. The molecule has 0 aliphatic rings. The third kappa shape index (κ3) is 3.58. The summed E-state index contributed by atoms with van der Waals surface area (Å²) in [6, 6.07) is 0. The van der Waals surface area contributed by atoms with Crippen LogP contribution in [0, 0.1) is 5.92 Å². The fourth-order valence-corrected chi connectivity index (χ4v) is 1.76. The van der Waals surface area contributed by atoms with E-state index < -0.39 is 17.2 Å². The first-order chi connectivity index (χ1) is 8.45. The number of aromatic nitrogens is 2. The van der Waals surface area contributed by atoms with E-state index in [2.05, 4.69) is 23.8 Å². The number of carbonyl (C=O) groups is 1. The molecule has 0 spiro atoms. The summed E-state index contributed by atoms with van der Waals surface area (Å²) in [5.74, 6) is -0.739. The number of carboxylic acid groups (broad SMARTS) is 1. The van der Waals surface area contributed by atoms with Gasteiger partial charge in [0, 0.05) is 5.56 Å². The zero-order valence-electron chi connectivity index (χ0n) is 10.6. The summed E-state index contributed by atoms with van der Waals surface area (Å²) in [4.78, 5) is 37.8. The summed E-state index contributed by atoms with van der Waals surface area (Å²) in [6.07, 6.45) is 3.06. The first-order valence-electron chi connectivity index (χ1n) is 6.04. The highest BCUT2D eigenvalue weighted by Gasteiger charge is 2.15. The molecule has 0 aliphatic heterocycles. The molecule has 100 valence electrons. The quantitative estimate of drug-likeness (QED) is 0.708. The Bertz CT molecular complexity index is 530. The first-order valence-corrected chi connectivity index (χ1v) is 6.04. The summed E-state index contributed by atoms with van der Waals surface area (Å²) in [7, 11) is 0. The molecule has 1 rings (SSSR count). The lowest BCUT2D eigenvalue weighted by atomic mass is 9.99. The number of hydrogen-bond donors (Lipinski definition) is 3. The van der Waals surface area contributed by atoms with E-state index in [1.165, 1.54) is 0 Å². The minimum Gasteiger partial charge on any atom is -0.477 e. The van der Waals surface area contributed by atoms with Crippen molar-refractivity contribution in [2.45, 2.75) is 39.5 Å². The van der Waals surface area contributed by atoms with Crippen LogP contribution in [0.1, 0.15) is 49.2 Å². The fourth-order valence-electron chi connectivity index (χ4n) is 1.76. The van der Waals surface area contributed by atoms with E-state index >= 15 is 0 Å². The number of rotatable bonds is 6. The van der Waals surface area contributed by atoms with E-state index in [4.69, 9.17) is 5.11 Å². The Morgan fingerprint density at radius 1 is 1.33 bits per heavy atom. The van der Waals surface area contributed by atoms with Gasteiger partial charge in [-0.3, -0.25) is 9.78 Å². The second-order valence-electron chi connectivity index (χ2n) is 4.47. The van der Waals surface area contributed by atoms with Crippen LogP contribution < -0.4 is 11.2 Å². The maximum absolute atomic E-state index is 11.6. The van der Waals surface area contributed by atoms with Crippen LogP contribution in [0.4, 0.5) is 0 Å². The lowest BCUT2D eigenvalue weighted by molar-refractivity contribution is 0.0688. The Morgan fingerprint density at radius 2 is 2.00 bits per heavy atom. The van der Waals surface area contributed by atoms with E-state index in [0.717, 1.165) is 19.3 Å². The molecule has 0 fully saturated rings. The smallest absolute Gasteiger partial charge is 0.352 e. The van der Waals surface area contributed by atoms with E-state index in [9.17, 15) is 14.4 Å². The Kier molecular flexibility index (Phi) is 4.88. The van der Waals surface area contributed by atoms with Gasteiger partial charge in [-0.25, -0.2) is 9.59 Å². The number of nitrogens with one attached hydrogen (secondary N) is 2. The molecular weight excluding hydrogens is 236 g/mol. The Labute approximate surface area is 104 Å². The molecule has 1 aromatic heterocycles. The van der Waals surface area contributed by atoms with Gasteiger partial charge in [0.25, 0.3) is 5.56 Å². The van der Waals surface area contributed by atoms with Gasteiger partial charge in [0.2, 0.25) is 0 Å². The van der Waals surface area contributed by atoms with E-state index in [1.807, 2.05) is 0 Å². The molecular formula is C12H18N2O4. The van der Waals surface area contributed by atoms with Crippen LogP contribution >= 0.6 is 0 Å². The molecule has 6 heteroatoms. The topological polar surface area (TPSA) is 103 Å². The normalized spacial score (nSPS) is 12.3. The van der Waals surface area contributed by atoms with Gasteiger partial charge in [0.05, 0.1) is 0 Å². The SMILES string of the molecule is CC[C@H](C)CCCc1c(C(=O)O)[nH]c(=O)[nH]c1=O. The molecule has 18 heavy (non-hydrogen) atoms. The van der Waals surface area contributed by atoms with Gasteiger partial charge < -0.3 is 10.1 Å². The average molecular weight is 254 g/mol. The summed E-state index contributed by atoms with van der Waals surface area (Å²) in [5, 5.41) is 8.95. The third-order valence-electron chi connectivity index (χ3n) is 3.08. The van der Waals surface area contributed by atoms with Crippen LogP contribution in [0.15, 0.2) is 9.59 Å². The molecule has 0 unspecified atom stereocenters. The van der Waals surface area contributed by atoms with Crippen LogP contribution in [0.2, 0.25) is 0 Å². The third-order valence-corrected chi connectivity index (χ3v) is 3.08. The van der Waals surface area contributed by atoms with Crippen LogP contribution in [0.3, 0.4) is 0 Å². The molecule has 0 bridgehead atoms. The van der Waals surface area contributed by atoms with Crippen LogP contribution in [-0.2, 0) is 6.42 Å². The number of H-pyrrole nitrogens is 2. The predicted molar refractivity (Wildman–Crippen MR) is 67.0 cm³/mol. The fraction of sp³-hybridized carbons (Fsp3) is 0.583. The molecule has 1 atom stereocenters. The molecule has 0 radical (unpaired) electrons. The highest BCUT2D eigenvalue weighted by atomic mass is 16.4. The zero-order chi connectivity index (χ0) is 13.7. The van der Waals surface area contributed by atoms with Crippen molar-refractivity contribution >= 4 is 5.97 Å². The Hall–Kier alpha value is -1.85. The van der Waals surface area contributed by atoms with Crippen molar-refractivity contribution < 1.29 is 9.90 Å². The maximum atomic E-state index is 11.6. The first kappa shape index (κ1) is 14.2. The minimum atomic E-state index is -1.28. The van der Waals surface area contributed by atoms with Gasteiger partial charge in [0.15, 0.2) is 0 Å². The lowest BCUT2D eigenvalue weighted by Crippen LogP contribution is -2.30. The maximum Gasteiger partial charge on any atom is 0.352 e. The minimum absolute atomic E-state index is 0.144. The van der Waals surface area contributed by atoms with Crippen molar-refractivity contribution in [1.29, 1.82) is 0 Å². The lowest BCUT2D eigenvalue weighted by Gasteiger charge is -2.08. The van der Waals surface area contributed by atoms with Crippen molar-refractivity contribution in [2.75, 3.05) is 0 Å². The van der Waals surface area contributed by atoms with Crippen LogP contribution in [0.5, 0.6) is 0 Å². The summed E-state index contributed by atoms with van der Waals surface area (Å²) < 4.78 is 0. The van der Waals surface area contributed by atoms with Crippen LogP contribution in [-0.4, -0.2) is 21.0 Å². The average Bonchev–Trinajstić information content (AvgIpc) is 2.30. The zero-order valence-corrected chi connectivity index (χ0v) is 10.6. The van der Waals surface area contributed by atoms with Crippen molar-refractivity contribution in [2.24, 2.45) is 5.92 Å². The van der Waals surface area contributed by atoms with E-state index in [0.29, 0.717) is 12.3 Å². The van der Waals surface area contributed by atoms with Gasteiger partial charge in [-0.2, -0.15) is 0 Å². The highest BCUT2D eigenvalue weighted by Crippen LogP contribution is 2.12. The van der Waals surface area contributed by atoms with Crippen molar-refractivity contribution in [3.8, 4) is 0 Å². The molecule has 6 nitrogen and oxygen atoms in total. The largest absolute Gasteiger partial charge is 0.477 e. The molecule has 0 aromatic carbocycles. The Balaban J connectivity index is 2.91. The molecule has 0 amide bonds. The molecule has 0 saturated carbocycles. The molecule has 1 heterocycles. The molecule has 0 saturated heterocycles. The van der Waals surface area contributed by atoms with Gasteiger partial charge in [-0.15, -0.1) is 0 Å². The summed E-state index contributed by atoms with van der Waals surface area (Å²) in [6.45, 7) is 4.19. The summed E-state index contributed by atoms with van der Waals surface area (Å²) in [5.41, 5.74) is -1.55. The van der Waals surface area contributed by atoms with E-state index in [1.54, 1.807) is 0 Å². The van der Waals surface area contributed by atoms with Gasteiger partial charge >= 0.3 is 11.7 Å². The standard InChI is InChI=1S/C12H18N2O4/c1-3-7(2)5-4-6-8-9(11(16)17)13-12(18)14-10(8)15/h7H,3-6H2,1-2H3,(H,16,17)(H2,13,14,15,18)/t7-/m0/s1. The molecule has 1 aromatic rings. The number of carboxylic acids is 1. The van der Waals surface area contributed by atoms with Crippen molar-refractivity contribution in [1.82, 2.24) is 9.97 Å². The molecule has 0 aliphatic carbocycles. The van der Waals surface area contributed by atoms with Gasteiger partial charge in [-0.05, 0) is 18.8 Å². The Morgan fingerprint density at radius 3 is 2.56 bits per heavy atom. The van der Waals surface area contributed by atoms with Gasteiger partial charge in [-0.1, -0.05) is 26.7 Å².